The topological polar surface area (TPSA) is 62.5 Å². The van der Waals surface area contributed by atoms with Crippen molar-refractivity contribution < 1.29 is 13.9 Å². The van der Waals surface area contributed by atoms with Gasteiger partial charge in [-0.05, 0) is 32.0 Å². The predicted octanol–water partition coefficient (Wildman–Crippen LogP) is 2.45. The van der Waals surface area contributed by atoms with Crippen molar-refractivity contribution in [2.24, 2.45) is 0 Å². The molecule has 0 radical (unpaired) electrons. The molecule has 2 aromatic heterocycles. The molecule has 0 aliphatic rings. The van der Waals surface area contributed by atoms with Crippen molar-refractivity contribution in [3.8, 4) is 0 Å². The van der Waals surface area contributed by atoms with E-state index in [0.717, 1.165) is 29.2 Å². The summed E-state index contributed by atoms with van der Waals surface area (Å²) in [5.74, 6) is -0.908. The molecule has 3 aromatic rings. The highest BCUT2D eigenvalue weighted by Crippen LogP contribution is 2.20. The summed E-state index contributed by atoms with van der Waals surface area (Å²) in [5.41, 5.74) is 2.41. The van der Waals surface area contributed by atoms with Crippen LogP contribution in [0.25, 0.3) is 5.78 Å². The molecular formula is C17H18F2N4O. The van der Waals surface area contributed by atoms with E-state index < -0.39 is 17.7 Å². The third kappa shape index (κ3) is 3.13. The molecule has 0 aliphatic heterocycles. The van der Waals surface area contributed by atoms with E-state index in [-0.39, 0.29) is 12.1 Å². The van der Waals surface area contributed by atoms with Crippen molar-refractivity contribution in [3.05, 3.63) is 64.7 Å². The van der Waals surface area contributed by atoms with Gasteiger partial charge in [0.25, 0.3) is 0 Å². The maximum Gasteiger partial charge on any atom is 0.234 e. The van der Waals surface area contributed by atoms with Gasteiger partial charge in [0, 0.05) is 24.5 Å². The van der Waals surface area contributed by atoms with E-state index in [1.807, 2.05) is 24.3 Å². The summed E-state index contributed by atoms with van der Waals surface area (Å²) in [7, 11) is 0. The number of hydrogen-bond acceptors (Lipinski definition) is 4. The van der Waals surface area contributed by atoms with Gasteiger partial charge in [-0.2, -0.15) is 0 Å². The zero-order valence-corrected chi connectivity index (χ0v) is 13.4. The number of imidazole rings is 1. The van der Waals surface area contributed by atoms with E-state index in [4.69, 9.17) is 0 Å². The van der Waals surface area contributed by atoms with Crippen molar-refractivity contribution in [1.29, 1.82) is 0 Å². The molecule has 24 heavy (non-hydrogen) atoms. The first-order valence-corrected chi connectivity index (χ1v) is 7.60. The molecular weight excluding hydrogens is 314 g/mol. The number of hydrogen-bond donors (Lipinski definition) is 2. The molecule has 1 unspecified atom stereocenters. The van der Waals surface area contributed by atoms with Crippen LogP contribution in [-0.4, -0.2) is 26.0 Å². The SMILES string of the molecule is Cc1cc(C)n2c(CNCC(O)c3c(F)cccc3F)cnc2n1. The van der Waals surface area contributed by atoms with Gasteiger partial charge in [-0.1, -0.05) is 6.07 Å². The maximum atomic E-state index is 13.7. The molecule has 1 aromatic carbocycles. The van der Waals surface area contributed by atoms with Gasteiger partial charge in [-0.25, -0.2) is 18.7 Å². The quantitative estimate of drug-likeness (QED) is 0.753. The minimum atomic E-state index is -1.27. The Labute approximate surface area is 138 Å². The minimum Gasteiger partial charge on any atom is -0.387 e. The third-order valence-electron chi connectivity index (χ3n) is 3.84. The molecule has 3 rings (SSSR count). The number of aliphatic hydroxyl groups is 1. The van der Waals surface area contributed by atoms with Gasteiger partial charge in [0.2, 0.25) is 5.78 Å². The smallest absolute Gasteiger partial charge is 0.234 e. The summed E-state index contributed by atoms with van der Waals surface area (Å²) < 4.78 is 29.2. The first-order chi connectivity index (χ1) is 11.5. The van der Waals surface area contributed by atoms with Crippen molar-refractivity contribution in [2.75, 3.05) is 6.54 Å². The van der Waals surface area contributed by atoms with E-state index in [9.17, 15) is 13.9 Å². The maximum absolute atomic E-state index is 13.7. The lowest BCUT2D eigenvalue weighted by molar-refractivity contribution is 0.164. The summed E-state index contributed by atoms with van der Waals surface area (Å²) in [5, 5.41) is 13.0. The fourth-order valence-electron chi connectivity index (χ4n) is 2.79. The van der Waals surface area contributed by atoms with Gasteiger partial charge in [0.1, 0.15) is 11.6 Å². The summed E-state index contributed by atoms with van der Waals surface area (Å²) in [4.78, 5) is 8.60. The highest BCUT2D eigenvalue weighted by molar-refractivity contribution is 5.35. The summed E-state index contributed by atoms with van der Waals surface area (Å²) in [6.07, 6.45) is 0.421. The van der Waals surface area contributed by atoms with Gasteiger partial charge in [-0.3, -0.25) is 4.40 Å². The Morgan fingerprint density at radius 3 is 2.67 bits per heavy atom. The normalized spacial score (nSPS) is 12.7. The fraction of sp³-hybridized carbons (Fsp3) is 0.294. The van der Waals surface area contributed by atoms with Crippen LogP contribution in [-0.2, 0) is 6.54 Å². The molecule has 126 valence electrons. The lowest BCUT2D eigenvalue weighted by Gasteiger charge is -2.14. The van der Waals surface area contributed by atoms with Gasteiger partial charge >= 0.3 is 0 Å². The Balaban J connectivity index is 1.71. The second-order valence-corrected chi connectivity index (χ2v) is 5.71. The Hall–Kier alpha value is -2.38. The van der Waals surface area contributed by atoms with Crippen LogP contribution < -0.4 is 5.32 Å². The molecule has 7 heteroatoms. The van der Waals surface area contributed by atoms with Crippen LogP contribution in [0.3, 0.4) is 0 Å². The first kappa shape index (κ1) is 16.5. The van der Waals surface area contributed by atoms with Gasteiger partial charge < -0.3 is 10.4 Å². The highest BCUT2D eigenvalue weighted by Gasteiger charge is 2.17. The van der Waals surface area contributed by atoms with Crippen LogP contribution in [0.2, 0.25) is 0 Å². The van der Waals surface area contributed by atoms with Crippen LogP contribution in [0.1, 0.15) is 28.7 Å². The number of halogens is 2. The predicted molar refractivity (Wildman–Crippen MR) is 85.5 cm³/mol. The van der Waals surface area contributed by atoms with Gasteiger partial charge in [0.05, 0.1) is 23.6 Å². The summed E-state index contributed by atoms with van der Waals surface area (Å²) in [6, 6.07) is 5.47. The van der Waals surface area contributed by atoms with E-state index in [0.29, 0.717) is 12.3 Å². The van der Waals surface area contributed by atoms with E-state index >= 15 is 0 Å². The first-order valence-electron chi connectivity index (χ1n) is 7.60. The zero-order valence-electron chi connectivity index (χ0n) is 13.4. The van der Waals surface area contributed by atoms with E-state index in [1.54, 1.807) is 6.20 Å². The molecule has 2 N–H and O–H groups in total. The number of fused-ring (bicyclic) bond motifs is 1. The molecule has 1 atom stereocenters. The lowest BCUT2D eigenvalue weighted by Crippen LogP contribution is -2.23. The minimum absolute atomic E-state index is 0.0173. The molecule has 0 spiro atoms. The number of benzene rings is 1. The van der Waals surface area contributed by atoms with Crippen LogP contribution in [0.5, 0.6) is 0 Å². The average molecular weight is 332 g/mol. The second-order valence-electron chi connectivity index (χ2n) is 5.71. The second kappa shape index (κ2) is 6.62. The average Bonchev–Trinajstić information content (AvgIpc) is 2.90. The standard InChI is InChI=1S/C17H18F2N4O/c1-10-6-11(2)23-12(8-21-17(23)22-10)7-20-9-15(24)16-13(18)4-3-5-14(16)19/h3-6,8,15,20,24H,7,9H2,1-2H3. The Morgan fingerprint density at radius 2 is 1.96 bits per heavy atom. The summed E-state index contributed by atoms with van der Waals surface area (Å²) >= 11 is 0. The monoisotopic (exact) mass is 332 g/mol. The van der Waals surface area contributed by atoms with Crippen LogP contribution in [0, 0.1) is 25.5 Å². The number of aliphatic hydroxyl groups excluding tert-OH is 1. The third-order valence-corrected chi connectivity index (χ3v) is 3.84. The highest BCUT2D eigenvalue weighted by atomic mass is 19.1. The van der Waals surface area contributed by atoms with Crippen LogP contribution >= 0.6 is 0 Å². The van der Waals surface area contributed by atoms with Gasteiger partial charge in [0.15, 0.2) is 0 Å². The number of rotatable bonds is 5. The van der Waals surface area contributed by atoms with Gasteiger partial charge in [-0.15, -0.1) is 0 Å². The molecule has 0 saturated carbocycles. The number of aryl methyl sites for hydroxylation is 2. The Morgan fingerprint density at radius 1 is 1.25 bits per heavy atom. The largest absolute Gasteiger partial charge is 0.387 e. The lowest BCUT2D eigenvalue weighted by atomic mass is 10.1. The Kier molecular flexibility index (Phi) is 4.55. The molecule has 0 amide bonds. The van der Waals surface area contributed by atoms with Crippen LogP contribution in [0.4, 0.5) is 8.78 Å². The molecule has 2 heterocycles. The Bertz CT molecular complexity index is 858. The van der Waals surface area contributed by atoms with Crippen molar-refractivity contribution >= 4 is 5.78 Å². The zero-order chi connectivity index (χ0) is 17.3. The number of nitrogens with one attached hydrogen (secondary N) is 1. The van der Waals surface area contributed by atoms with Crippen molar-refractivity contribution in [2.45, 2.75) is 26.5 Å². The van der Waals surface area contributed by atoms with Crippen molar-refractivity contribution in [1.82, 2.24) is 19.7 Å². The fourth-order valence-corrected chi connectivity index (χ4v) is 2.79. The summed E-state index contributed by atoms with van der Waals surface area (Å²) in [6.45, 7) is 4.26. The van der Waals surface area contributed by atoms with E-state index in [2.05, 4.69) is 15.3 Å². The molecule has 0 aliphatic carbocycles. The van der Waals surface area contributed by atoms with Crippen molar-refractivity contribution in [3.63, 3.8) is 0 Å². The molecule has 0 saturated heterocycles. The molecule has 5 nitrogen and oxygen atoms in total. The molecule has 0 fully saturated rings. The van der Waals surface area contributed by atoms with E-state index in [1.165, 1.54) is 6.07 Å². The van der Waals surface area contributed by atoms with Crippen LogP contribution in [0.15, 0.2) is 30.5 Å². The number of aromatic nitrogens is 3. The molecule has 0 bridgehead atoms. The number of nitrogens with zero attached hydrogens (tertiary/aromatic N) is 3.